The molecular weight excluding hydrogens is 240 g/mol. The minimum absolute atomic E-state index is 0.318. The summed E-state index contributed by atoms with van der Waals surface area (Å²) >= 11 is 0. The van der Waals surface area contributed by atoms with Crippen molar-refractivity contribution >= 4 is 5.97 Å². The van der Waals surface area contributed by atoms with E-state index < -0.39 is 0 Å². The largest absolute Gasteiger partial charge is 0.489 e. The van der Waals surface area contributed by atoms with Gasteiger partial charge in [-0.25, -0.2) is 0 Å². The van der Waals surface area contributed by atoms with Crippen LogP contribution in [0.3, 0.4) is 0 Å². The van der Waals surface area contributed by atoms with E-state index >= 15 is 0 Å². The summed E-state index contributed by atoms with van der Waals surface area (Å²) in [6.45, 7) is 3.79. The van der Waals surface area contributed by atoms with Gasteiger partial charge >= 0.3 is 5.97 Å². The molecule has 0 N–H and O–H groups in total. The third kappa shape index (κ3) is 3.85. The zero-order valence-electron chi connectivity index (χ0n) is 11.1. The first-order chi connectivity index (χ1) is 9.15. The van der Waals surface area contributed by atoms with E-state index in [1.807, 2.05) is 43.3 Å². The van der Waals surface area contributed by atoms with Gasteiger partial charge in [-0.05, 0) is 36.2 Å². The molecular formula is C16H16O3. The average Bonchev–Trinajstić information content (AvgIpc) is 2.40. The molecule has 0 saturated carbocycles. The molecule has 0 spiro atoms. The standard InChI is InChI=1S/C16H16O3/c1-12-10-15(8-9-16(12)19-13(2)17)18-11-14-6-4-3-5-7-14/h3-10H,11H2,1-2H3. The second-order valence-corrected chi connectivity index (χ2v) is 4.30. The van der Waals surface area contributed by atoms with Crippen molar-refractivity contribution in [2.24, 2.45) is 0 Å². The number of carbonyl (C=O) groups excluding carboxylic acids is 1. The predicted molar refractivity (Wildman–Crippen MR) is 73.3 cm³/mol. The van der Waals surface area contributed by atoms with Crippen molar-refractivity contribution in [3.63, 3.8) is 0 Å². The fourth-order valence-corrected chi connectivity index (χ4v) is 1.72. The molecule has 0 aliphatic carbocycles. The molecule has 0 aromatic heterocycles. The lowest BCUT2D eigenvalue weighted by molar-refractivity contribution is -0.131. The first-order valence-electron chi connectivity index (χ1n) is 6.11. The maximum Gasteiger partial charge on any atom is 0.308 e. The highest BCUT2D eigenvalue weighted by Crippen LogP contribution is 2.24. The van der Waals surface area contributed by atoms with Crippen LogP contribution in [0.2, 0.25) is 0 Å². The van der Waals surface area contributed by atoms with Gasteiger partial charge in [-0.15, -0.1) is 0 Å². The van der Waals surface area contributed by atoms with E-state index in [-0.39, 0.29) is 5.97 Å². The highest BCUT2D eigenvalue weighted by Gasteiger charge is 2.04. The van der Waals surface area contributed by atoms with Crippen molar-refractivity contribution in [3.8, 4) is 11.5 Å². The first kappa shape index (κ1) is 13.1. The van der Waals surface area contributed by atoms with Crippen LogP contribution in [0.15, 0.2) is 48.5 Å². The minimum atomic E-state index is -0.318. The van der Waals surface area contributed by atoms with Gasteiger partial charge in [0.15, 0.2) is 0 Å². The predicted octanol–water partition coefficient (Wildman–Crippen LogP) is 3.50. The molecule has 98 valence electrons. The molecule has 0 radical (unpaired) electrons. The van der Waals surface area contributed by atoms with Crippen LogP contribution < -0.4 is 9.47 Å². The van der Waals surface area contributed by atoms with E-state index in [2.05, 4.69) is 0 Å². The summed E-state index contributed by atoms with van der Waals surface area (Å²) in [7, 11) is 0. The molecule has 0 aliphatic rings. The zero-order chi connectivity index (χ0) is 13.7. The number of hydrogen-bond donors (Lipinski definition) is 0. The summed E-state index contributed by atoms with van der Waals surface area (Å²) in [5, 5.41) is 0. The van der Waals surface area contributed by atoms with E-state index in [9.17, 15) is 4.79 Å². The van der Waals surface area contributed by atoms with Crippen LogP contribution in [-0.4, -0.2) is 5.97 Å². The third-order valence-corrected chi connectivity index (χ3v) is 2.65. The molecule has 3 heteroatoms. The molecule has 2 rings (SSSR count). The van der Waals surface area contributed by atoms with Crippen LogP contribution in [-0.2, 0) is 11.4 Å². The van der Waals surface area contributed by atoms with Crippen LogP contribution in [0.4, 0.5) is 0 Å². The summed E-state index contributed by atoms with van der Waals surface area (Å²) in [6.07, 6.45) is 0. The molecule has 0 unspecified atom stereocenters. The molecule has 0 amide bonds. The van der Waals surface area contributed by atoms with E-state index in [0.29, 0.717) is 12.4 Å². The Morgan fingerprint density at radius 2 is 1.84 bits per heavy atom. The Bertz CT molecular complexity index is 561. The summed E-state index contributed by atoms with van der Waals surface area (Å²) in [5.41, 5.74) is 1.99. The molecule has 0 atom stereocenters. The molecule has 0 bridgehead atoms. The van der Waals surface area contributed by atoms with Crippen molar-refractivity contribution in [2.45, 2.75) is 20.5 Å². The zero-order valence-corrected chi connectivity index (χ0v) is 11.1. The van der Waals surface area contributed by atoms with Gasteiger partial charge < -0.3 is 9.47 Å². The van der Waals surface area contributed by atoms with E-state index in [0.717, 1.165) is 16.9 Å². The second kappa shape index (κ2) is 6.05. The lowest BCUT2D eigenvalue weighted by atomic mass is 10.2. The minimum Gasteiger partial charge on any atom is -0.489 e. The Labute approximate surface area is 112 Å². The maximum absolute atomic E-state index is 10.9. The van der Waals surface area contributed by atoms with Gasteiger partial charge in [0, 0.05) is 6.92 Å². The normalized spacial score (nSPS) is 10.0. The number of benzene rings is 2. The lowest BCUT2D eigenvalue weighted by Gasteiger charge is -2.09. The fraction of sp³-hybridized carbons (Fsp3) is 0.188. The highest BCUT2D eigenvalue weighted by atomic mass is 16.5. The van der Waals surface area contributed by atoms with Gasteiger partial charge in [-0.1, -0.05) is 30.3 Å². The van der Waals surface area contributed by atoms with Crippen LogP contribution in [0, 0.1) is 6.92 Å². The quantitative estimate of drug-likeness (QED) is 0.620. The lowest BCUT2D eigenvalue weighted by Crippen LogP contribution is -2.03. The van der Waals surface area contributed by atoms with Gasteiger partial charge in [-0.2, -0.15) is 0 Å². The number of hydrogen-bond acceptors (Lipinski definition) is 3. The van der Waals surface area contributed by atoms with Crippen molar-refractivity contribution in [2.75, 3.05) is 0 Å². The molecule has 3 nitrogen and oxygen atoms in total. The Morgan fingerprint density at radius 1 is 1.11 bits per heavy atom. The summed E-state index contributed by atoms with van der Waals surface area (Å²) < 4.78 is 10.8. The molecule has 0 heterocycles. The molecule has 0 aliphatic heterocycles. The smallest absolute Gasteiger partial charge is 0.308 e. The number of rotatable bonds is 4. The average molecular weight is 256 g/mol. The SMILES string of the molecule is CC(=O)Oc1ccc(OCc2ccccc2)cc1C. The number of carbonyl (C=O) groups is 1. The topological polar surface area (TPSA) is 35.5 Å². The fourth-order valence-electron chi connectivity index (χ4n) is 1.72. The van der Waals surface area contributed by atoms with Crippen LogP contribution >= 0.6 is 0 Å². The Balaban J connectivity index is 2.02. The highest BCUT2D eigenvalue weighted by molar-refractivity contribution is 5.69. The maximum atomic E-state index is 10.9. The molecule has 2 aromatic rings. The van der Waals surface area contributed by atoms with Gasteiger partial charge in [-0.3, -0.25) is 4.79 Å². The molecule has 2 aromatic carbocycles. The van der Waals surface area contributed by atoms with Gasteiger partial charge in [0.2, 0.25) is 0 Å². The second-order valence-electron chi connectivity index (χ2n) is 4.30. The van der Waals surface area contributed by atoms with E-state index in [4.69, 9.17) is 9.47 Å². The third-order valence-electron chi connectivity index (χ3n) is 2.65. The monoisotopic (exact) mass is 256 g/mol. The Morgan fingerprint density at radius 3 is 2.47 bits per heavy atom. The van der Waals surface area contributed by atoms with Crippen LogP contribution in [0.25, 0.3) is 0 Å². The van der Waals surface area contributed by atoms with E-state index in [1.165, 1.54) is 6.92 Å². The molecule has 19 heavy (non-hydrogen) atoms. The van der Waals surface area contributed by atoms with Crippen LogP contribution in [0.5, 0.6) is 11.5 Å². The van der Waals surface area contributed by atoms with Gasteiger partial charge in [0.25, 0.3) is 0 Å². The van der Waals surface area contributed by atoms with Gasteiger partial charge in [0.1, 0.15) is 18.1 Å². The number of aryl methyl sites for hydroxylation is 1. The van der Waals surface area contributed by atoms with Crippen LogP contribution in [0.1, 0.15) is 18.1 Å². The van der Waals surface area contributed by atoms with Gasteiger partial charge in [0.05, 0.1) is 0 Å². The molecule has 0 saturated heterocycles. The summed E-state index contributed by atoms with van der Waals surface area (Å²) in [5.74, 6) is 1.01. The van der Waals surface area contributed by atoms with Crippen molar-refractivity contribution in [3.05, 3.63) is 59.7 Å². The summed E-state index contributed by atoms with van der Waals surface area (Å²) in [4.78, 5) is 10.9. The Kier molecular flexibility index (Phi) is 4.18. The molecule has 0 fully saturated rings. The van der Waals surface area contributed by atoms with Crippen molar-refractivity contribution < 1.29 is 14.3 Å². The summed E-state index contributed by atoms with van der Waals surface area (Å²) in [6, 6.07) is 15.4. The van der Waals surface area contributed by atoms with Crippen molar-refractivity contribution in [1.29, 1.82) is 0 Å². The Hall–Kier alpha value is -2.29. The van der Waals surface area contributed by atoms with Crippen molar-refractivity contribution in [1.82, 2.24) is 0 Å². The first-order valence-corrected chi connectivity index (χ1v) is 6.11. The van der Waals surface area contributed by atoms with E-state index in [1.54, 1.807) is 12.1 Å². The number of esters is 1. The number of ether oxygens (including phenoxy) is 2.